The number of aryl methyl sites for hydroxylation is 1. The van der Waals surface area contributed by atoms with Crippen molar-refractivity contribution >= 4 is 17.6 Å². The number of alkyl halides is 2. The van der Waals surface area contributed by atoms with Crippen molar-refractivity contribution in [1.82, 2.24) is 4.98 Å². The molecule has 82 valence electrons. The van der Waals surface area contributed by atoms with E-state index < -0.39 is 23.9 Å². The maximum atomic E-state index is 13.3. The summed E-state index contributed by atoms with van der Waals surface area (Å²) in [5.41, 5.74) is -0.0500. The molecule has 0 amide bonds. The number of hydrogen-bond acceptors (Lipinski definition) is 2. The van der Waals surface area contributed by atoms with Gasteiger partial charge in [0, 0.05) is 11.8 Å². The van der Waals surface area contributed by atoms with Crippen molar-refractivity contribution in [3.8, 4) is 0 Å². The van der Waals surface area contributed by atoms with Crippen LogP contribution in [0.4, 0.5) is 8.78 Å². The number of pyridine rings is 1. The maximum absolute atomic E-state index is 13.3. The van der Waals surface area contributed by atoms with Crippen LogP contribution in [0, 0.1) is 6.92 Å². The lowest BCUT2D eigenvalue weighted by atomic mass is 10.1. The smallest absolute Gasteiger partial charge is 0.309 e. The molecule has 0 saturated heterocycles. The minimum absolute atomic E-state index is 0.130. The van der Waals surface area contributed by atoms with E-state index in [0.717, 1.165) is 12.3 Å². The van der Waals surface area contributed by atoms with E-state index in [4.69, 9.17) is 16.7 Å². The van der Waals surface area contributed by atoms with Crippen LogP contribution in [0.2, 0.25) is 5.15 Å². The van der Waals surface area contributed by atoms with E-state index in [0.29, 0.717) is 5.56 Å². The molecular weight excluding hydrogens is 228 g/mol. The Hall–Kier alpha value is -1.23. The van der Waals surface area contributed by atoms with Gasteiger partial charge >= 0.3 is 5.97 Å². The molecule has 0 unspecified atom stereocenters. The average molecular weight is 236 g/mol. The first-order chi connectivity index (χ1) is 6.83. The molecule has 0 aromatic carbocycles. The summed E-state index contributed by atoms with van der Waals surface area (Å²) in [5.74, 6) is -4.98. The number of rotatable bonds is 3. The number of nitrogens with zero attached hydrogens (tertiary/aromatic N) is 1. The van der Waals surface area contributed by atoms with Gasteiger partial charge in [-0.2, -0.15) is 0 Å². The zero-order valence-electron chi connectivity index (χ0n) is 7.80. The van der Waals surface area contributed by atoms with Crippen molar-refractivity contribution in [2.24, 2.45) is 0 Å². The minimum Gasteiger partial charge on any atom is -0.481 e. The highest BCUT2D eigenvalue weighted by Crippen LogP contribution is 2.32. The Kier molecular flexibility index (Phi) is 3.24. The fourth-order valence-electron chi connectivity index (χ4n) is 1.05. The van der Waals surface area contributed by atoms with Crippen LogP contribution >= 0.6 is 11.6 Å². The lowest BCUT2D eigenvalue weighted by Gasteiger charge is -2.14. The molecule has 0 aliphatic carbocycles. The summed E-state index contributed by atoms with van der Waals surface area (Å²) in [6.45, 7) is 1.52. The Morgan fingerprint density at radius 1 is 1.67 bits per heavy atom. The molecule has 1 heterocycles. The van der Waals surface area contributed by atoms with Crippen LogP contribution in [-0.4, -0.2) is 16.1 Å². The van der Waals surface area contributed by atoms with Crippen LogP contribution in [0.1, 0.15) is 17.5 Å². The fourth-order valence-corrected chi connectivity index (χ4v) is 1.15. The largest absolute Gasteiger partial charge is 0.481 e. The van der Waals surface area contributed by atoms with Crippen LogP contribution in [-0.2, 0) is 10.7 Å². The van der Waals surface area contributed by atoms with Crippen molar-refractivity contribution in [3.63, 3.8) is 0 Å². The number of aliphatic carboxylic acids is 1. The molecule has 1 aromatic heterocycles. The molecule has 0 atom stereocenters. The van der Waals surface area contributed by atoms with E-state index in [-0.39, 0.29) is 5.15 Å². The van der Waals surface area contributed by atoms with E-state index in [1.807, 2.05) is 0 Å². The lowest BCUT2D eigenvalue weighted by Crippen LogP contribution is -2.18. The second-order valence-corrected chi connectivity index (χ2v) is 3.46. The number of carbonyl (C=O) groups is 1. The van der Waals surface area contributed by atoms with Gasteiger partial charge in [0.2, 0.25) is 0 Å². The average Bonchev–Trinajstić information content (AvgIpc) is 2.07. The first-order valence-corrected chi connectivity index (χ1v) is 4.43. The highest BCUT2D eigenvalue weighted by molar-refractivity contribution is 6.30. The molecule has 3 nitrogen and oxygen atoms in total. The second kappa shape index (κ2) is 4.10. The van der Waals surface area contributed by atoms with Gasteiger partial charge in [-0.25, -0.2) is 13.8 Å². The molecule has 0 aliphatic rings. The molecule has 1 rings (SSSR count). The zero-order valence-corrected chi connectivity index (χ0v) is 8.55. The van der Waals surface area contributed by atoms with Crippen molar-refractivity contribution in [1.29, 1.82) is 0 Å². The number of halogens is 3. The highest BCUT2D eigenvalue weighted by Gasteiger charge is 2.35. The van der Waals surface area contributed by atoms with Crippen LogP contribution in [0.5, 0.6) is 0 Å². The van der Waals surface area contributed by atoms with E-state index in [9.17, 15) is 13.6 Å². The normalized spacial score (nSPS) is 11.5. The Labute approximate surface area is 89.7 Å². The summed E-state index contributed by atoms with van der Waals surface area (Å²) in [4.78, 5) is 13.8. The first kappa shape index (κ1) is 11.8. The van der Waals surface area contributed by atoms with Gasteiger partial charge < -0.3 is 5.11 Å². The standard InChI is InChI=1S/C9H8ClF2NO2/c1-5-2-6(4-13-8(5)10)9(11,12)3-7(14)15/h2,4H,3H2,1H3,(H,14,15). The third kappa shape index (κ3) is 2.86. The Bertz CT molecular complexity index is 396. The molecule has 0 radical (unpaired) electrons. The predicted octanol–water partition coefficient (Wildman–Crippen LogP) is 2.61. The summed E-state index contributed by atoms with van der Waals surface area (Å²) < 4.78 is 26.5. The van der Waals surface area contributed by atoms with Gasteiger partial charge in [-0.05, 0) is 18.6 Å². The molecular formula is C9H8ClF2NO2. The molecule has 0 spiro atoms. The van der Waals surface area contributed by atoms with E-state index in [1.54, 1.807) is 0 Å². The van der Waals surface area contributed by atoms with Gasteiger partial charge in [-0.1, -0.05) is 11.6 Å². The van der Waals surface area contributed by atoms with Crippen molar-refractivity contribution < 1.29 is 18.7 Å². The van der Waals surface area contributed by atoms with Gasteiger partial charge in [0.05, 0.1) is 0 Å². The third-order valence-corrected chi connectivity index (χ3v) is 2.21. The van der Waals surface area contributed by atoms with Crippen molar-refractivity contribution in [2.45, 2.75) is 19.3 Å². The molecule has 15 heavy (non-hydrogen) atoms. The molecule has 0 saturated carbocycles. The van der Waals surface area contributed by atoms with Crippen molar-refractivity contribution in [2.75, 3.05) is 0 Å². The summed E-state index contributed by atoms with van der Waals surface area (Å²) >= 11 is 5.56. The van der Waals surface area contributed by atoms with E-state index in [1.165, 1.54) is 6.92 Å². The van der Waals surface area contributed by atoms with Crippen LogP contribution in [0.3, 0.4) is 0 Å². The first-order valence-electron chi connectivity index (χ1n) is 4.05. The second-order valence-electron chi connectivity index (χ2n) is 3.11. The van der Waals surface area contributed by atoms with Crippen LogP contribution in [0.25, 0.3) is 0 Å². The van der Waals surface area contributed by atoms with Crippen LogP contribution < -0.4 is 0 Å². The van der Waals surface area contributed by atoms with Gasteiger partial charge in [-0.15, -0.1) is 0 Å². The molecule has 0 bridgehead atoms. The zero-order chi connectivity index (χ0) is 11.6. The predicted molar refractivity (Wildman–Crippen MR) is 50.1 cm³/mol. The fraction of sp³-hybridized carbons (Fsp3) is 0.333. The number of carboxylic acid groups (broad SMARTS) is 1. The highest BCUT2D eigenvalue weighted by atomic mass is 35.5. The van der Waals surface area contributed by atoms with Gasteiger partial charge in [0.15, 0.2) is 0 Å². The summed E-state index contributed by atoms with van der Waals surface area (Å²) in [6, 6.07) is 1.14. The molecule has 0 fully saturated rings. The number of carboxylic acids is 1. The SMILES string of the molecule is Cc1cc(C(F)(F)CC(=O)O)cnc1Cl. The topological polar surface area (TPSA) is 50.2 Å². The van der Waals surface area contributed by atoms with Crippen molar-refractivity contribution in [3.05, 3.63) is 28.5 Å². The van der Waals surface area contributed by atoms with E-state index >= 15 is 0 Å². The van der Waals surface area contributed by atoms with Gasteiger partial charge in [-0.3, -0.25) is 4.79 Å². The third-order valence-electron chi connectivity index (χ3n) is 1.81. The number of hydrogen-bond donors (Lipinski definition) is 1. The Morgan fingerprint density at radius 2 is 2.27 bits per heavy atom. The van der Waals surface area contributed by atoms with Gasteiger partial charge in [0.1, 0.15) is 11.6 Å². The maximum Gasteiger partial charge on any atom is 0.309 e. The Morgan fingerprint density at radius 3 is 2.73 bits per heavy atom. The quantitative estimate of drug-likeness (QED) is 0.820. The molecule has 0 aliphatic heterocycles. The minimum atomic E-state index is -3.42. The molecule has 6 heteroatoms. The monoisotopic (exact) mass is 235 g/mol. The van der Waals surface area contributed by atoms with Gasteiger partial charge in [0.25, 0.3) is 5.92 Å². The van der Waals surface area contributed by atoms with E-state index in [2.05, 4.69) is 4.98 Å². The van der Waals surface area contributed by atoms with Crippen LogP contribution in [0.15, 0.2) is 12.3 Å². The summed E-state index contributed by atoms with van der Waals surface area (Å²) in [6.07, 6.45) is -0.367. The number of aromatic nitrogens is 1. The Balaban J connectivity index is 3.04. The molecule has 1 aromatic rings. The summed E-state index contributed by atoms with van der Waals surface area (Å²) in [7, 11) is 0. The lowest BCUT2D eigenvalue weighted by molar-refractivity contribution is -0.145. The summed E-state index contributed by atoms with van der Waals surface area (Å²) in [5, 5.41) is 8.44. The molecule has 1 N–H and O–H groups in total.